The van der Waals surface area contributed by atoms with Crippen molar-refractivity contribution >= 4 is 0 Å². The van der Waals surface area contributed by atoms with Crippen molar-refractivity contribution in [2.75, 3.05) is 6.61 Å². The highest BCUT2D eigenvalue weighted by Crippen LogP contribution is 2.15. The van der Waals surface area contributed by atoms with Gasteiger partial charge in [0.2, 0.25) is 0 Å². The van der Waals surface area contributed by atoms with Crippen LogP contribution < -0.4 is 10.1 Å². The van der Waals surface area contributed by atoms with E-state index in [0.29, 0.717) is 13.2 Å². The van der Waals surface area contributed by atoms with Gasteiger partial charge in [-0.2, -0.15) is 0 Å². The van der Waals surface area contributed by atoms with Gasteiger partial charge in [0.25, 0.3) is 0 Å². The third-order valence-corrected chi connectivity index (χ3v) is 3.53. The molecular weight excluding hydrogens is 281 g/mol. The number of benzene rings is 2. The molecule has 0 amide bonds. The fourth-order valence-electron chi connectivity index (χ4n) is 2.09. The van der Waals surface area contributed by atoms with Crippen molar-refractivity contribution in [2.45, 2.75) is 32.5 Å². The third kappa shape index (κ3) is 5.13. The second-order valence-corrected chi connectivity index (χ2v) is 5.23. The molecule has 0 bridgehead atoms. The normalized spacial score (nSPS) is 12.1. The van der Waals surface area contributed by atoms with Gasteiger partial charge in [-0.3, -0.25) is 0 Å². The second-order valence-electron chi connectivity index (χ2n) is 5.23. The molecule has 2 aromatic carbocycles. The van der Waals surface area contributed by atoms with E-state index in [0.717, 1.165) is 23.3 Å². The lowest BCUT2D eigenvalue weighted by Gasteiger charge is -2.14. The molecule has 0 spiro atoms. The molecule has 0 saturated heterocycles. The molecular formula is C18H22FNO2. The fraction of sp³-hybridized carbons (Fsp3) is 0.333. The van der Waals surface area contributed by atoms with Gasteiger partial charge in [0.05, 0.1) is 6.61 Å². The summed E-state index contributed by atoms with van der Waals surface area (Å²) in [4.78, 5) is 0. The summed E-state index contributed by atoms with van der Waals surface area (Å²) in [5.74, 6) is 0.534. The average molecular weight is 303 g/mol. The molecule has 0 aliphatic rings. The average Bonchev–Trinajstić information content (AvgIpc) is 2.56. The number of ether oxygens (including phenoxy) is 1. The molecule has 2 N–H and O–H groups in total. The van der Waals surface area contributed by atoms with Crippen LogP contribution in [0.2, 0.25) is 0 Å². The highest BCUT2D eigenvalue weighted by molar-refractivity contribution is 5.29. The second kappa shape index (κ2) is 8.51. The number of hydrogen-bond donors (Lipinski definition) is 2. The minimum atomic E-state index is -0.244. The number of hydrogen-bond acceptors (Lipinski definition) is 3. The van der Waals surface area contributed by atoms with Gasteiger partial charge >= 0.3 is 0 Å². The van der Waals surface area contributed by atoms with E-state index in [2.05, 4.69) is 5.32 Å². The van der Waals surface area contributed by atoms with E-state index >= 15 is 0 Å². The van der Waals surface area contributed by atoms with Crippen LogP contribution in [-0.2, 0) is 13.2 Å². The van der Waals surface area contributed by atoms with Crippen molar-refractivity contribution in [2.24, 2.45) is 0 Å². The van der Waals surface area contributed by atoms with Crippen molar-refractivity contribution < 1.29 is 14.2 Å². The molecule has 0 radical (unpaired) electrons. The Morgan fingerprint density at radius 1 is 1.14 bits per heavy atom. The summed E-state index contributed by atoms with van der Waals surface area (Å²) in [6, 6.07) is 14.2. The molecule has 0 heterocycles. The number of aliphatic hydroxyl groups is 1. The van der Waals surface area contributed by atoms with E-state index in [1.165, 1.54) is 12.1 Å². The SMILES string of the molecule is CC[C@H](CO)NCc1cccc(OCc2ccc(F)cc2)c1. The Morgan fingerprint density at radius 3 is 2.59 bits per heavy atom. The Kier molecular flexibility index (Phi) is 6.37. The summed E-state index contributed by atoms with van der Waals surface area (Å²) in [5, 5.41) is 12.5. The van der Waals surface area contributed by atoms with E-state index in [1.54, 1.807) is 12.1 Å². The molecule has 2 aromatic rings. The molecule has 4 heteroatoms. The van der Waals surface area contributed by atoms with Gasteiger partial charge in [-0.25, -0.2) is 4.39 Å². The lowest BCUT2D eigenvalue weighted by atomic mass is 10.2. The highest BCUT2D eigenvalue weighted by atomic mass is 19.1. The highest BCUT2D eigenvalue weighted by Gasteiger charge is 2.04. The predicted octanol–water partition coefficient (Wildman–Crippen LogP) is 3.27. The summed E-state index contributed by atoms with van der Waals surface area (Å²) < 4.78 is 18.6. The lowest BCUT2D eigenvalue weighted by molar-refractivity contribution is 0.238. The first-order valence-corrected chi connectivity index (χ1v) is 7.51. The zero-order chi connectivity index (χ0) is 15.8. The van der Waals surface area contributed by atoms with Crippen molar-refractivity contribution in [3.05, 3.63) is 65.5 Å². The zero-order valence-electron chi connectivity index (χ0n) is 12.8. The maximum atomic E-state index is 12.8. The van der Waals surface area contributed by atoms with Crippen molar-refractivity contribution in [1.82, 2.24) is 5.32 Å². The summed E-state index contributed by atoms with van der Waals surface area (Å²) in [6.07, 6.45) is 0.886. The molecule has 0 saturated carbocycles. The molecule has 22 heavy (non-hydrogen) atoms. The van der Waals surface area contributed by atoms with Crippen molar-refractivity contribution in [3.8, 4) is 5.75 Å². The molecule has 2 rings (SSSR count). The first kappa shape index (κ1) is 16.5. The number of aliphatic hydroxyl groups excluding tert-OH is 1. The Labute approximate surface area is 130 Å². The molecule has 3 nitrogen and oxygen atoms in total. The van der Waals surface area contributed by atoms with E-state index in [4.69, 9.17) is 4.74 Å². The van der Waals surface area contributed by atoms with Gasteiger partial charge < -0.3 is 15.2 Å². The molecule has 0 aliphatic heterocycles. The Morgan fingerprint density at radius 2 is 1.91 bits per heavy atom. The van der Waals surface area contributed by atoms with Gasteiger partial charge in [0.15, 0.2) is 0 Å². The van der Waals surface area contributed by atoms with Crippen LogP contribution in [0.3, 0.4) is 0 Å². The fourth-order valence-corrected chi connectivity index (χ4v) is 2.09. The summed E-state index contributed by atoms with van der Waals surface area (Å²) in [7, 11) is 0. The Bertz CT molecular complexity index is 568. The van der Waals surface area contributed by atoms with Crippen molar-refractivity contribution in [3.63, 3.8) is 0 Å². The minimum absolute atomic E-state index is 0.115. The minimum Gasteiger partial charge on any atom is -0.489 e. The predicted molar refractivity (Wildman–Crippen MR) is 85.2 cm³/mol. The molecule has 0 aliphatic carbocycles. The number of nitrogens with one attached hydrogen (secondary N) is 1. The first-order valence-electron chi connectivity index (χ1n) is 7.51. The summed E-state index contributed by atoms with van der Waals surface area (Å²) in [6.45, 7) is 3.27. The molecule has 0 aromatic heterocycles. The lowest BCUT2D eigenvalue weighted by Crippen LogP contribution is -2.31. The molecule has 0 fully saturated rings. The van der Waals surface area contributed by atoms with Gasteiger partial charge in [-0.1, -0.05) is 31.2 Å². The van der Waals surface area contributed by atoms with Crippen molar-refractivity contribution in [1.29, 1.82) is 0 Å². The Balaban J connectivity index is 1.89. The third-order valence-electron chi connectivity index (χ3n) is 3.53. The zero-order valence-corrected chi connectivity index (χ0v) is 12.8. The van der Waals surface area contributed by atoms with Crippen LogP contribution in [0.4, 0.5) is 4.39 Å². The topological polar surface area (TPSA) is 41.5 Å². The quantitative estimate of drug-likeness (QED) is 0.786. The van der Waals surface area contributed by atoms with Crippen LogP contribution in [-0.4, -0.2) is 17.8 Å². The smallest absolute Gasteiger partial charge is 0.123 e. The molecule has 1 atom stereocenters. The van der Waals surface area contributed by atoms with Gasteiger partial charge in [-0.15, -0.1) is 0 Å². The maximum Gasteiger partial charge on any atom is 0.123 e. The Hall–Kier alpha value is -1.91. The number of halogens is 1. The largest absolute Gasteiger partial charge is 0.489 e. The van der Waals surface area contributed by atoms with Crippen LogP contribution >= 0.6 is 0 Å². The number of rotatable bonds is 8. The van der Waals surface area contributed by atoms with Gasteiger partial charge in [-0.05, 0) is 41.8 Å². The molecule has 0 unspecified atom stereocenters. The summed E-state index contributed by atoms with van der Waals surface area (Å²) in [5.41, 5.74) is 2.03. The van der Waals surface area contributed by atoms with E-state index in [9.17, 15) is 9.50 Å². The first-order chi connectivity index (χ1) is 10.7. The standard InChI is InChI=1S/C18H22FNO2/c1-2-17(12-21)20-11-15-4-3-5-18(10-15)22-13-14-6-8-16(19)9-7-14/h3-10,17,20-21H,2,11-13H2,1H3/t17-/m1/s1. The monoisotopic (exact) mass is 303 g/mol. The van der Waals surface area contributed by atoms with E-state index < -0.39 is 0 Å². The van der Waals surface area contributed by atoms with E-state index in [1.807, 2.05) is 31.2 Å². The van der Waals surface area contributed by atoms with Gasteiger partial charge in [0.1, 0.15) is 18.2 Å². The maximum absolute atomic E-state index is 12.8. The van der Waals surface area contributed by atoms with Crippen LogP contribution in [0.1, 0.15) is 24.5 Å². The molecule has 118 valence electrons. The van der Waals surface area contributed by atoms with Gasteiger partial charge in [0, 0.05) is 12.6 Å². The van der Waals surface area contributed by atoms with Crippen LogP contribution in [0, 0.1) is 5.82 Å². The van der Waals surface area contributed by atoms with Crippen LogP contribution in [0.15, 0.2) is 48.5 Å². The summed E-state index contributed by atoms with van der Waals surface area (Å²) >= 11 is 0. The van der Waals surface area contributed by atoms with Crippen LogP contribution in [0.5, 0.6) is 5.75 Å². The van der Waals surface area contributed by atoms with Crippen LogP contribution in [0.25, 0.3) is 0 Å². The van der Waals surface area contributed by atoms with E-state index in [-0.39, 0.29) is 18.5 Å².